The highest BCUT2D eigenvalue weighted by atomic mass is 16.5. The van der Waals surface area contributed by atoms with Crippen molar-refractivity contribution in [3.05, 3.63) is 37.2 Å². The fourth-order valence-corrected chi connectivity index (χ4v) is 2.47. The van der Waals surface area contributed by atoms with Gasteiger partial charge in [-0.05, 0) is 18.6 Å². The third kappa shape index (κ3) is 3.18. The van der Waals surface area contributed by atoms with E-state index in [1.165, 1.54) is 6.33 Å². The molecule has 3 rings (SSSR count). The summed E-state index contributed by atoms with van der Waals surface area (Å²) in [6.45, 7) is 1.71. The molecule has 1 aromatic carbocycles. The van der Waals surface area contributed by atoms with Gasteiger partial charge < -0.3 is 19.4 Å². The largest absolute Gasteiger partial charge is 0.493 e. The van der Waals surface area contributed by atoms with Crippen molar-refractivity contribution in [1.29, 1.82) is 0 Å². The number of fused-ring (bicyclic) bond motifs is 1. The van der Waals surface area contributed by atoms with Crippen molar-refractivity contribution in [2.75, 3.05) is 26.1 Å². The minimum atomic E-state index is 0.619. The highest BCUT2D eigenvalue weighted by Gasteiger charge is 2.13. The zero-order chi connectivity index (χ0) is 16.1. The van der Waals surface area contributed by atoms with Gasteiger partial charge in [-0.25, -0.2) is 15.0 Å². The molecule has 0 atom stereocenters. The number of ether oxygens (including phenoxy) is 2. The molecule has 23 heavy (non-hydrogen) atoms. The van der Waals surface area contributed by atoms with Crippen LogP contribution in [0.15, 0.2) is 37.2 Å². The van der Waals surface area contributed by atoms with E-state index >= 15 is 0 Å². The van der Waals surface area contributed by atoms with E-state index in [4.69, 9.17) is 9.47 Å². The van der Waals surface area contributed by atoms with Gasteiger partial charge >= 0.3 is 0 Å². The Balaban J connectivity index is 1.75. The molecule has 120 valence electrons. The minimum Gasteiger partial charge on any atom is -0.493 e. The number of aromatic nitrogens is 4. The molecule has 2 aromatic heterocycles. The van der Waals surface area contributed by atoms with Crippen molar-refractivity contribution in [3.8, 4) is 11.5 Å². The molecule has 3 aromatic rings. The normalized spacial score (nSPS) is 10.7. The zero-order valence-corrected chi connectivity index (χ0v) is 13.2. The van der Waals surface area contributed by atoms with Crippen molar-refractivity contribution in [2.24, 2.45) is 0 Å². The van der Waals surface area contributed by atoms with Gasteiger partial charge in [-0.2, -0.15) is 0 Å². The summed E-state index contributed by atoms with van der Waals surface area (Å²) in [4.78, 5) is 12.7. The summed E-state index contributed by atoms with van der Waals surface area (Å²) in [5.41, 5.74) is 0.735. The average molecular weight is 313 g/mol. The molecule has 1 N–H and O–H groups in total. The topological polar surface area (TPSA) is 74.1 Å². The Labute approximate surface area is 134 Å². The van der Waals surface area contributed by atoms with Gasteiger partial charge in [0.1, 0.15) is 17.7 Å². The van der Waals surface area contributed by atoms with Crippen LogP contribution in [0.2, 0.25) is 0 Å². The second kappa shape index (κ2) is 6.95. The van der Waals surface area contributed by atoms with Crippen LogP contribution in [0.4, 0.5) is 5.82 Å². The van der Waals surface area contributed by atoms with Crippen molar-refractivity contribution >= 4 is 16.7 Å². The number of rotatable bonds is 7. The molecule has 0 saturated heterocycles. The first kappa shape index (κ1) is 15.1. The van der Waals surface area contributed by atoms with Gasteiger partial charge in [0, 0.05) is 30.9 Å². The number of imidazole rings is 1. The Morgan fingerprint density at radius 3 is 2.83 bits per heavy atom. The summed E-state index contributed by atoms with van der Waals surface area (Å²) in [5.74, 6) is 2.07. The van der Waals surface area contributed by atoms with Crippen LogP contribution in [-0.4, -0.2) is 40.3 Å². The monoisotopic (exact) mass is 313 g/mol. The van der Waals surface area contributed by atoms with Crippen molar-refractivity contribution in [1.82, 2.24) is 19.5 Å². The molecule has 0 fully saturated rings. The van der Waals surface area contributed by atoms with Crippen LogP contribution in [0, 0.1) is 0 Å². The fourth-order valence-electron chi connectivity index (χ4n) is 2.47. The molecular formula is C16H19N5O2. The van der Waals surface area contributed by atoms with E-state index in [1.54, 1.807) is 20.4 Å². The molecule has 0 spiro atoms. The maximum Gasteiger partial charge on any atom is 0.187 e. The van der Waals surface area contributed by atoms with Crippen molar-refractivity contribution < 1.29 is 9.47 Å². The number of aryl methyl sites for hydroxylation is 1. The Bertz CT molecular complexity index is 773. The number of hydrogen-bond acceptors (Lipinski definition) is 6. The lowest BCUT2D eigenvalue weighted by Gasteiger charge is -2.12. The highest BCUT2D eigenvalue weighted by molar-refractivity contribution is 5.94. The number of methoxy groups -OCH3 is 2. The van der Waals surface area contributed by atoms with Gasteiger partial charge in [0.05, 0.1) is 20.5 Å². The minimum absolute atomic E-state index is 0.619. The van der Waals surface area contributed by atoms with Crippen LogP contribution in [-0.2, 0) is 6.54 Å². The van der Waals surface area contributed by atoms with Crippen molar-refractivity contribution in [2.45, 2.75) is 13.0 Å². The molecule has 0 bridgehead atoms. The lowest BCUT2D eigenvalue weighted by molar-refractivity contribution is 0.358. The van der Waals surface area contributed by atoms with Gasteiger partial charge in [0.25, 0.3) is 0 Å². The lowest BCUT2D eigenvalue weighted by atomic mass is 10.2. The van der Waals surface area contributed by atoms with Gasteiger partial charge in [-0.1, -0.05) is 0 Å². The molecule has 7 nitrogen and oxygen atoms in total. The Kier molecular flexibility index (Phi) is 4.56. The maximum absolute atomic E-state index is 5.43. The van der Waals surface area contributed by atoms with Gasteiger partial charge in [0.15, 0.2) is 11.5 Å². The summed E-state index contributed by atoms with van der Waals surface area (Å²) >= 11 is 0. The molecule has 0 aliphatic rings. The van der Waals surface area contributed by atoms with Gasteiger partial charge in [0.2, 0.25) is 0 Å². The summed E-state index contributed by atoms with van der Waals surface area (Å²) in [7, 11) is 3.22. The molecule has 7 heteroatoms. The molecule has 0 unspecified atom stereocenters. The zero-order valence-electron chi connectivity index (χ0n) is 13.2. The first-order chi connectivity index (χ1) is 11.3. The number of anilines is 1. The van der Waals surface area contributed by atoms with Gasteiger partial charge in [-0.3, -0.25) is 0 Å². The third-order valence-corrected chi connectivity index (χ3v) is 3.59. The highest BCUT2D eigenvalue weighted by Crippen LogP contribution is 2.35. The Morgan fingerprint density at radius 1 is 1.17 bits per heavy atom. The van der Waals surface area contributed by atoms with Crippen LogP contribution in [0.1, 0.15) is 6.42 Å². The summed E-state index contributed by atoms with van der Waals surface area (Å²) in [6, 6.07) is 3.80. The molecule has 0 radical (unpaired) electrons. The van der Waals surface area contributed by atoms with Crippen LogP contribution in [0.25, 0.3) is 10.9 Å². The van der Waals surface area contributed by atoms with E-state index in [-0.39, 0.29) is 0 Å². The maximum atomic E-state index is 5.43. The lowest BCUT2D eigenvalue weighted by Crippen LogP contribution is -2.07. The van der Waals surface area contributed by atoms with Crippen LogP contribution >= 0.6 is 0 Å². The van der Waals surface area contributed by atoms with Crippen LogP contribution in [0.3, 0.4) is 0 Å². The summed E-state index contributed by atoms with van der Waals surface area (Å²) in [5, 5.41) is 4.27. The first-order valence-electron chi connectivity index (χ1n) is 7.38. The fraction of sp³-hybridized carbons (Fsp3) is 0.312. The average Bonchev–Trinajstić information content (AvgIpc) is 3.11. The van der Waals surface area contributed by atoms with E-state index in [0.29, 0.717) is 11.5 Å². The number of nitrogens with one attached hydrogen (secondary N) is 1. The van der Waals surface area contributed by atoms with E-state index in [2.05, 4.69) is 20.3 Å². The quantitative estimate of drug-likeness (QED) is 0.675. The number of hydrogen-bond donors (Lipinski definition) is 1. The smallest absolute Gasteiger partial charge is 0.187 e. The standard InChI is InChI=1S/C16H19N5O2/c1-22-13-5-4-12-14(15(13)23-2)19-10-20-16(12)18-6-3-8-21-9-7-17-11-21/h4-5,7,9-11H,3,6,8H2,1-2H3,(H,18,19,20). The molecular weight excluding hydrogens is 294 g/mol. The van der Waals surface area contributed by atoms with E-state index in [0.717, 1.165) is 36.2 Å². The SMILES string of the molecule is COc1ccc2c(NCCCn3ccnc3)ncnc2c1OC. The van der Waals surface area contributed by atoms with E-state index in [9.17, 15) is 0 Å². The van der Waals surface area contributed by atoms with Crippen LogP contribution < -0.4 is 14.8 Å². The second-order valence-corrected chi connectivity index (χ2v) is 5.00. The molecule has 0 aliphatic carbocycles. The molecule has 0 aliphatic heterocycles. The first-order valence-corrected chi connectivity index (χ1v) is 7.38. The predicted molar refractivity (Wildman–Crippen MR) is 88.0 cm³/mol. The summed E-state index contributed by atoms with van der Waals surface area (Å²) in [6.07, 6.45) is 8.05. The third-order valence-electron chi connectivity index (χ3n) is 3.59. The molecule has 0 saturated carbocycles. The van der Waals surface area contributed by atoms with Crippen molar-refractivity contribution in [3.63, 3.8) is 0 Å². The predicted octanol–water partition coefficient (Wildman–Crippen LogP) is 2.35. The molecule has 2 heterocycles. The molecule has 0 amide bonds. The number of nitrogens with zero attached hydrogens (tertiary/aromatic N) is 4. The second-order valence-electron chi connectivity index (χ2n) is 5.00. The summed E-state index contributed by atoms with van der Waals surface area (Å²) < 4.78 is 12.8. The van der Waals surface area contributed by atoms with E-state index in [1.807, 2.05) is 29.2 Å². The Hall–Kier alpha value is -2.83. The number of benzene rings is 1. The van der Waals surface area contributed by atoms with E-state index < -0.39 is 0 Å². The Morgan fingerprint density at radius 2 is 2.09 bits per heavy atom. The van der Waals surface area contributed by atoms with Crippen LogP contribution in [0.5, 0.6) is 11.5 Å². The van der Waals surface area contributed by atoms with Gasteiger partial charge in [-0.15, -0.1) is 0 Å².